The maximum atomic E-state index is 8.60. The Morgan fingerprint density at radius 1 is 1.29 bits per heavy atom. The normalized spacial score (nSPS) is 12.7. The van der Waals surface area contributed by atoms with E-state index in [1.54, 1.807) is 11.8 Å². The molecule has 0 amide bonds. The van der Waals surface area contributed by atoms with E-state index >= 15 is 0 Å². The minimum absolute atomic E-state index is 0.111. The first-order valence-corrected chi connectivity index (χ1v) is 5.99. The highest BCUT2D eigenvalue weighted by molar-refractivity contribution is 7.99. The average molecular weight is 211 g/mol. The van der Waals surface area contributed by atoms with Gasteiger partial charge in [0.05, 0.1) is 0 Å². The third-order valence-electron chi connectivity index (χ3n) is 1.97. The number of hydrogen-bond donors (Lipinski definition) is 2. The molecule has 78 valence electrons. The van der Waals surface area contributed by atoms with Crippen molar-refractivity contribution >= 4 is 11.8 Å². The number of benzene rings is 1. The smallest absolute Gasteiger partial charge is 0.0438 e. The van der Waals surface area contributed by atoms with Crippen LogP contribution in [0.2, 0.25) is 0 Å². The van der Waals surface area contributed by atoms with E-state index in [1.807, 2.05) is 18.2 Å². The van der Waals surface area contributed by atoms with E-state index in [-0.39, 0.29) is 12.6 Å². The number of aliphatic hydroxyl groups is 1. The van der Waals surface area contributed by atoms with Gasteiger partial charge < -0.3 is 10.8 Å². The Bertz CT molecular complexity index is 240. The zero-order chi connectivity index (χ0) is 10.2. The van der Waals surface area contributed by atoms with Gasteiger partial charge in [0.1, 0.15) is 0 Å². The van der Waals surface area contributed by atoms with Crippen molar-refractivity contribution in [3.8, 4) is 0 Å². The minimum atomic E-state index is 0.111. The van der Waals surface area contributed by atoms with Crippen molar-refractivity contribution < 1.29 is 5.11 Å². The van der Waals surface area contributed by atoms with Gasteiger partial charge in [0, 0.05) is 18.4 Å². The lowest BCUT2D eigenvalue weighted by atomic mass is 10.1. The van der Waals surface area contributed by atoms with Gasteiger partial charge in [-0.3, -0.25) is 0 Å². The van der Waals surface area contributed by atoms with Crippen molar-refractivity contribution in [2.75, 3.05) is 18.1 Å². The zero-order valence-corrected chi connectivity index (χ0v) is 9.04. The van der Waals surface area contributed by atoms with Crippen molar-refractivity contribution in [3.63, 3.8) is 0 Å². The summed E-state index contributed by atoms with van der Waals surface area (Å²) in [6.45, 7) is 0.271. The third kappa shape index (κ3) is 4.13. The van der Waals surface area contributed by atoms with Crippen LogP contribution in [0.15, 0.2) is 30.3 Å². The summed E-state index contributed by atoms with van der Waals surface area (Å²) in [5.74, 6) is 1.90. The van der Waals surface area contributed by atoms with E-state index in [0.717, 1.165) is 17.9 Å². The van der Waals surface area contributed by atoms with Crippen LogP contribution in [-0.2, 0) is 0 Å². The Morgan fingerprint density at radius 3 is 2.64 bits per heavy atom. The highest BCUT2D eigenvalue weighted by Crippen LogP contribution is 2.15. The van der Waals surface area contributed by atoms with Gasteiger partial charge in [0.15, 0.2) is 0 Å². The molecular weight excluding hydrogens is 194 g/mol. The Labute approximate surface area is 89.5 Å². The van der Waals surface area contributed by atoms with Crippen molar-refractivity contribution in [2.45, 2.75) is 12.5 Å². The standard InChI is InChI=1S/C11H17NOS/c12-11(9-14-8-4-7-13)10-5-2-1-3-6-10/h1-3,5-6,11,13H,4,7-9,12H2. The van der Waals surface area contributed by atoms with Crippen molar-refractivity contribution in [1.82, 2.24) is 0 Å². The van der Waals surface area contributed by atoms with Gasteiger partial charge in [-0.2, -0.15) is 11.8 Å². The number of rotatable bonds is 6. The lowest BCUT2D eigenvalue weighted by Crippen LogP contribution is -2.13. The molecule has 0 aliphatic carbocycles. The van der Waals surface area contributed by atoms with Crippen LogP contribution in [0.4, 0.5) is 0 Å². The van der Waals surface area contributed by atoms with Crippen LogP contribution in [0, 0.1) is 0 Å². The summed E-state index contributed by atoms with van der Waals surface area (Å²) in [7, 11) is 0. The molecule has 0 aliphatic rings. The summed E-state index contributed by atoms with van der Waals surface area (Å²) in [6, 6.07) is 10.2. The van der Waals surface area contributed by atoms with Crippen LogP contribution in [0.5, 0.6) is 0 Å². The molecular formula is C11H17NOS. The first-order chi connectivity index (χ1) is 6.84. The van der Waals surface area contributed by atoms with Crippen molar-refractivity contribution in [1.29, 1.82) is 0 Å². The van der Waals surface area contributed by atoms with Crippen LogP contribution in [0.1, 0.15) is 18.0 Å². The fourth-order valence-corrected chi connectivity index (χ4v) is 2.12. The number of nitrogens with two attached hydrogens (primary N) is 1. The summed E-state index contributed by atoms with van der Waals surface area (Å²) >= 11 is 1.80. The number of thioether (sulfide) groups is 1. The average Bonchev–Trinajstić information content (AvgIpc) is 2.25. The second kappa shape index (κ2) is 6.87. The summed E-state index contributed by atoms with van der Waals surface area (Å²) in [6.07, 6.45) is 0.853. The van der Waals surface area contributed by atoms with E-state index < -0.39 is 0 Å². The van der Waals surface area contributed by atoms with Crippen LogP contribution < -0.4 is 5.73 Å². The lowest BCUT2D eigenvalue weighted by molar-refractivity contribution is 0.296. The van der Waals surface area contributed by atoms with Crippen LogP contribution in [0.25, 0.3) is 0 Å². The van der Waals surface area contributed by atoms with Gasteiger partial charge in [-0.15, -0.1) is 0 Å². The van der Waals surface area contributed by atoms with Crippen LogP contribution >= 0.6 is 11.8 Å². The molecule has 0 fully saturated rings. The molecule has 0 aromatic heterocycles. The topological polar surface area (TPSA) is 46.2 Å². The van der Waals surface area contributed by atoms with E-state index in [4.69, 9.17) is 10.8 Å². The van der Waals surface area contributed by atoms with Crippen LogP contribution in [0.3, 0.4) is 0 Å². The third-order valence-corrected chi connectivity index (χ3v) is 3.14. The second-order valence-electron chi connectivity index (χ2n) is 3.17. The molecule has 3 heteroatoms. The zero-order valence-electron chi connectivity index (χ0n) is 8.23. The molecule has 0 heterocycles. The molecule has 1 rings (SSSR count). The van der Waals surface area contributed by atoms with Crippen molar-refractivity contribution in [3.05, 3.63) is 35.9 Å². The summed E-state index contributed by atoms with van der Waals surface area (Å²) in [5.41, 5.74) is 7.18. The van der Waals surface area contributed by atoms with Gasteiger partial charge in [0.25, 0.3) is 0 Å². The van der Waals surface area contributed by atoms with Gasteiger partial charge in [-0.1, -0.05) is 30.3 Å². The minimum Gasteiger partial charge on any atom is -0.396 e. The quantitative estimate of drug-likeness (QED) is 0.705. The molecule has 0 spiro atoms. The molecule has 0 saturated carbocycles. The molecule has 14 heavy (non-hydrogen) atoms. The molecule has 1 aromatic rings. The molecule has 2 nitrogen and oxygen atoms in total. The highest BCUT2D eigenvalue weighted by atomic mass is 32.2. The second-order valence-corrected chi connectivity index (χ2v) is 4.32. The molecule has 1 unspecified atom stereocenters. The lowest BCUT2D eigenvalue weighted by Gasteiger charge is -2.10. The molecule has 0 saturated heterocycles. The van der Waals surface area contributed by atoms with E-state index in [2.05, 4.69) is 12.1 Å². The van der Waals surface area contributed by atoms with E-state index in [0.29, 0.717) is 0 Å². The molecule has 1 aromatic carbocycles. The largest absolute Gasteiger partial charge is 0.396 e. The fraction of sp³-hybridized carbons (Fsp3) is 0.455. The van der Waals surface area contributed by atoms with Gasteiger partial charge in [0.2, 0.25) is 0 Å². The summed E-state index contributed by atoms with van der Waals surface area (Å²) < 4.78 is 0. The van der Waals surface area contributed by atoms with Crippen LogP contribution in [-0.4, -0.2) is 23.2 Å². The molecule has 0 radical (unpaired) electrons. The fourth-order valence-electron chi connectivity index (χ4n) is 1.17. The first-order valence-electron chi connectivity index (χ1n) is 4.83. The molecule has 0 aliphatic heterocycles. The predicted octanol–water partition coefficient (Wildman–Crippen LogP) is 1.80. The maximum Gasteiger partial charge on any atom is 0.0438 e. The molecule has 0 bridgehead atoms. The van der Waals surface area contributed by atoms with E-state index in [1.165, 1.54) is 5.56 Å². The maximum absolute atomic E-state index is 8.60. The Morgan fingerprint density at radius 2 is 2.00 bits per heavy atom. The van der Waals surface area contributed by atoms with Gasteiger partial charge in [-0.05, 0) is 17.7 Å². The Kier molecular flexibility index (Phi) is 5.68. The van der Waals surface area contributed by atoms with Crippen molar-refractivity contribution in [2.24, 2.45) is 5.73 Å². The van der Waals surface area contributed by atoms with Gasteiger partial charge in [-0.25, -0.2) is 0 Å². The number of hydrogen-bond acceptors (Lipinski definition) is 3. The highest BCUT2D eigenvalue weighted by Gasteiger charge is 2.04. The summed E-state index contributed by atoms with van der Waals surface area (Å²) in [4.78, 5) is 0. The number of aliphatic hydroxyl groups excluding tert-OH is 1. The molecule has 1 atom stereocenters. The molecule has 3 N–H and O–H groups in total. The van der Waals surface area contributed by atoms with Gasteiger partial charge >= 0.3 is 0 Å². The first kappa shape index (κ1) is 11.6. The Hall–Kier alpha value is -0.510. The summed E-state index contributed by atoms with van der Waals surface area (Å²) in [5, 5.41) is 8.60. The SMILES string of the molecule is NC(CSCCCO)c1ccccc1. The predicted molar refractivity (Wildman–Crippen MR) is 62.4 cm³/mol. The Balaban J connectivity index is 2.25. The monoisotopic (exact) mass is 211 g/mol. The van der Waals surface area contributed by atoms with E-state index in [9.17, 15) is 0 Å².